The average molecular weight is 351 g/mol. The van der Waals surface area contributed by atoms with E-state index >= 15 is 0 Å². The topological polar surface area (TPSA) is 104 Å². The van der Waals surface area contributed by atoms with Crippen molar-refractivity contribution in [3.63, 3.8) is 0 Å². The highest BCUT2D eigenvalue weighted by Gasteiger charge is 2.26. The van der Waals surface area contributed by atoms with Crippen LogP contribution in [0.3, 0.4) is 0 Å². The van der Waals surface area contributed by atoms with E-state index in [0.717, 1.165) is 25.7 Å². The van der Waals surface area contributed by atoms with Gasteiger partial charge in [-0.1, -0.05) is 12.8 Å². The Bertz CT molecular complexity index is 724. The van der Waals surface area contributed by atoms with E-state index in [1.165, 1.54) is 24.3 Å². The van der Waals surface area contributed by atoms with Gasteiger partial charge < -0.3 is 10.6 Å². The summed E-state index contributed by atoms with van der Waals surface area (Å²) in [6.07, 6.45) is 4.37. The summed E-state index contributed by atoms with van der Waals surface area (Å²) >= 11 is 0. The van der Waals surface area contributed by atoms with Crippen LogP contribution in [0.2, 0.25) is 0 Å². The van der Waals surface area contributed by atoms with E-state index in [2.05, 4.69) is 15.4 Å². The zero-order valence-electron chi connectivity index (χ0n) is 13.2. The van der Waals surface area contributed by atoms with Crippen molar-refractivity contribution in [2.75, 3.05) is 6.54 Å². The van der Waals surface area contributed by atoms with Gasteiger partial charge in [-0.05, 0) is 43.5 Å². The highest BCUT2D eigenvalue weighted by Crippen LogP contribution is 2.20. The molecule has 3 N–H and O–H groups in total. The van der Waals surface area contributed by atoms with Crippen LogP contribution in [0.5, 0.6) is 0 Å². The molecule has 0 unspecified atom stereocenters. The van der Waals surface area contributed by atoms with Crippen LogP contribution in [0.1, 0.15) is 42.5 Å². The lowest BCUT2D eigenvalue weighted by Crippen LogP contribution is -2.40. The fraction of sp³-hybridized carbons (Fsp3) is 0.500. The highest BCUT2D eigenvalue weighted by atomic mass is 32.2. The summed E-state index contributed by atoms with van der Waals surface area (Å²) in [5.74, 6) is -0.576. The number of nitrogens with one attached hydrogen (secondary N) is 3. The lowest BCUT2D eigenvalue weighted by atomic mass is 10.2. The van der Waals surface area contributed by atoms with Gasteiger partial charge in [-0.25, -0.2) is 13.1 Å². The molecule has 2 fully saturated rings. The van der Waals surface area contributed by atoms with Crippen molar-refractivity contribution in [1.29, 1.82) is 0 Å². The molecule has 1 aliphatic carbocycles. The molecule has 1 saturated heterocycles. The molecule has 0 aromatic heterocycles. The van der Waals surface area contributed by atoms with Crippen molar-refractivity contribution in [1.82, 2.24) is 15.4 Å². The van der Waals surface area contributed by atoms with Crippen molar-refractivity contribution < 1.29 is 18.0 Å². The van der Waals surface area contributed by atoms with Gasteiger partial charge in [0.1, 0.15) is 6.04 Å². The molecule has 1 saturated carbocycles. The molecule has 1 heterocycles. The summed E-state index contributed by atoms with van der Waals surface area (Å²) < 4.78 is 27.4. The molecular weight excluding hydrogens is 330 g/mol. The minimum atomic E-state index is -3.56. The van der Waals surface area contributed by atoms with E-state index in [1.807, 2.05) is 0 Å². The summed E-state index contributed by atoms with van der Waals surface area (Å²) in [6.45, 7) is 0.549. The van der Waals surface area contributed by atoms with Crippen molar-refractivity contribution in [2.45, 2.75) is 49.1 Å². The van der Waals surface area contributed by atoms with Crippen LogP contribution < -0.4 is 15.4 Å². The number of hydrogen-bond donors (Lipinski definition) is 3. The third kappa shape index (κ3) is 3.76. The molecule has 7 nitrogen and oxygen atoms in total. The van der Waals surface area contributed by atoms with Crippen LogP contribution in [0, 0.1) is 0 Å². The van der Waals surface area contributed by atoms with E-state index < -0.39 is 16.1 Å². The largest absolute Gasteiger partial charge is 0.354 e. The van der Waals surface area contributed by atoms with Crippen LogP contribution in [-0.4, -0.2) is 38.9 Å². The maximum Gasteiger partial charge on any atom is 0.251 e. The molecule has 2 aliphatic rings. The Morgan fingerprint density at radius 2 is 1.75 bits per heavy atom. The lowest BCUT2D eigenvalue weighted by Gasteiger charge is -2.13. The first-order chi connectivity index (χ1) is 11.5. The molecule has 0 bridgehead atoms. The van der Waals surface area contributed by atoms with Gasteiger partial charge in [-0.3, -0.25) is 9.59 Å². The maximum absolute atomic E-state index is 12.3. The van der Waals surface area contributed by atoms with Gasteiger partial charge in [-0.15, -0.1) is 0 Å². The summed E-state index contributed by atoms with van der Waals surface area (Å²) in [4.78, 5) is 23.8. The Kier molecular flexibility index (Phi) is 4.86. The smallest absolute Gasteiger partial charge is 0.251 e. The molecule has 1 aliphatic heterocycles. The van der Waals surface area contributed by atoms with Gasteiger partial charge in [-0.2, -0.15) is 0 Å². The van der Waals surface area contributed by atoms with Gasteiger partial charge in [0.15, 0.2) is 0 Å². The second kappa shape index (κ2) is 6.90. The molecule has 1 aromatic carbocycles. The lowest BCUT2D eigenvalue weighted by molar-refractivity contribution is -0.120. The molecule has 0 spiro atoms. The average Bonchev–Trinajstić information content (AvgIpc) is 3.19. The summed E-state index contributed by atoms with van der Waals surface area (Å²) in [6, 6.07) is 5.24. The first-order valence-electron chi connectivity index (χ1n) is 8.17. The normalized spacial score (nSPS) is 21.7. The Labute approximate surface area is 141 Å². The molecule has 3 rings (SSSR count). The number of rotatable bonds is 5. The van der Waals surface area contributed by atoms with Gasteiger partial charge in [0.25, 0.3) is 5.91 Å². The standard InChI is InChI=1S/C16H21N3O4S/c20-15(18-14-9-10-17-16(14)21)11-5-7-13(8-6-11)24(22,23)19-12-3-1-2-4-12/h5-8,12,14,19H,1-4,9-10H2,(H,17,21)(H,18,20)/t14-/m1/s1. The highest BCUT2D eigenvalue weighted by molar-refractivity contribution is 7.89. The molecule has 1 atom stereocenters. The van der Waals surface area contributed by atoms with E-state index in [1.54, 1.807) is 0 Å². The van der Waals surface area contributed by atoms with Gasteiger partial charge in [0, 0.05) is 18.2 Å². The first-order valence-corrected chi connectivity index (χ1v) is 9.65. The summed E-state index contributed by atoms with van der Waals surface area (Å²) in [7, 11) is -3.56. The quantitative estimate of drug-likeness (QED) is 0.719. The first kappa shape index (κ1) is 16.9. The van der Waals surface area contributed by atoms with E-state index in [4.69, 9.17) is 0 Å². The van der Waals surface area contributed by atoms with E-state index in [0.29, 0.717) is 18.5 Å². The molecule has 8 heteroatoms. The number of hydrogen-bond acceptors (Lipinski definition) is 4. The minimum absolute atomic E-state index is 0.00106. The Morgan fingerprint density at radius 3 is 2.33 bits per heavy atom. The molecule has 130 valence electrons. The number of benzene rings is 1. The predicted molar refractivity (Wildman–Crippen MR) is 87.9 cm³/mol. The zero-order chi connectivity index (χ0) is 17.2. The predicted octanol–water partition coefficient (Wildman–Crippen LogP) is 0.526. The summed E-state index contributed by atoms with van der Waals surface area (Å²) in [5, 5.41) is 5.29. The second-order valence-corrected chi connectivity index (χ2v) is 7.95. The summed E-state index contributed by atoms with van der Waals surface area (Å²) in [5.41, 5.74) is 0.328. The fourth-order valence-electron chi connectivity index (χ4n) is 3.09. The van der Waals surface area contributed by atoms with Crippen molar-refractivity contribution in [2.24, 2.45) is 0 Å². The van der Waals surface area contributed by atoms with E-state index in [-0.39, 0.29) is 22.8 Å². The maximum atomic E-state index is 12.3. The number of sulfonamides is 1. The van der Waals surface area contributed by atoms with Gasteiger partial charge >= 0.3 is 0 Å². The monoisotopic (exact) mass is 351 g/mol. The van der Waals surface area contributed by atoms with Gasteiger partial charge in [0.05, 0.1) is 4.90 Å². The van der Waals surface area contributed by atoms with Crippen LogP contribution in [0.25, 0.3) is 0 Å². The SMILES string of the molecule is O=C(N[C@@H]1CCNC1=O)c1ccc(S(=O)(=O)NC2CCCC2)cc1. The third-order valence-electron chi connectivity index (χ3n) is 4.46. The van der Waals surface area contributed by atoms with Crippen LogP contribution in [-0.2, 0) is 14.8 Å². The van der Waals surface area contributed by atoms with Gasteiger partial charge in [0.2, 0.25) is 15.9 Å². The third-order valence-corrected chi connectivity index (χ3v) is 5.99. The number of carbonyl (C=O) groups is 2. The van der Waals surface area contributed by atoms with Crippen molar-refractivity contribution >= 4 is 21.8 Å². The molecular formula is C16H21N3O4S. The molecule has 1 aromatic rings. The minimum Gasteiger partial charge on any atom is -0.354 e. The number of carbonyl (C=O) groups excluding carboxylic acids is 2. The number of amides is 2. The molecule has 24 heavy (non-hydrogen) atoms. The second-order valence-electron chi connectivity index (χ2n) is 6.23. The van der Waals surface area contributed by atoms with Crippen LogP contribution >= 0.6 is 0 Å². The fourth-order valence-corrected chi connectivity index (χ4v) is 4.39. The van der Waals surface area contributed by atoms with E-state index in [9.17, 15) is 18.0 Å². The molecule has 0 radical (unpaired) electrons. The van der Waals surface area contributed by atoms with Crippen molar-refractivity contribution in [3.05, 3.63) is 29.8 Å². The van der Waals surface area contributed by atoms with Crippen LogP contribution in [0.15, 0.2) is 29.2 Å². The Balaban J connectivity index is 1.65. The zero-order valence-corrected chi connectivity index (χ0v) is 14.1. The Morgan fingerprint density at radius 1 is 1.08 bits per heavy atom. The Hall–Kier alpha value is -1.93. The molecule has 2 amide bonds. The van der Waals surface area contributed by atoms with Crippen LogP contribution in [0.4, 0.5) is 0 Å². The van der Waals surface area contributed by atoms with Crippen molar-refractivity contribution in [3.8, 4) is 0 Å².